The van der Waals surface area contributed by atoms with Crippen LogP contribution in [0.15, 0.2) is 64.0 Å². The lowest BCUT2D eigenvalue weighted by Crippen LogP contribution is -2.07. The molecule has 0 unspecified atom stereocenters. The minimum absolute atomic E-state index is 0.0432. The van der Waals surface area contributed by atoms with Gasteiger partial charge in [-0.1, -0.05) is 30.3 Å². The Bertz CT molecular complexity index is 837. The second-order valence-electron chi connectivity index (χ2n) is 5.05. The molecule has 0 spiro atoms. The average molecular weight is 310 g/mol. The predicted molar refractivity (Wildman–Crippen MR) is 89.9 cm³/mol. The second-order valence-corrected chi connectivity index (χ2v) is 5.05. The molecule has 0 radical (unpaired) electrons. The van der Waals surface area contributed by atoms with Crippen LogP contribution in [-0.4, -0.2) is 19.8 Å². The lowest BCUT2D eigenvalue weighted by Gasteiger charge is -2.07. The van der Waals surface area contributed by atoms with Gasteiger partial charge in [-0.3, -0.25) is 4.79 Å². The van der Waals surface area contributed by atoms with Crippen LogP contribution in [0.1, 0.15) is 6.92 Å². The van der Waals surface area contributed by atoms with E-state index in [1.54, 1.807) is 18.2 Å². The predicted octanol–water partition coefficient (Wildman–Crippen LogP) is 3.88. The van der Waals surface area contributed by atoms with Crippen molar-refractivity contribution in [1.82, 2.24) is 0 Å². The molecule has 0 N–H and O–H groups in total. The van der Waals surface area contributed by atoms with Crippen molar-refractivity contribution in [2.45, 2.75) is 6.92 Å². The fourth-order valence-electron chi connectivity index (χ4n) is 2.38. The molecule has 0 aliphatic rings. The first-order chi connectivity index (χ1) is 11.3. The Labute approximate surface area is 134 Å². The minimum Gasteiger partial charge on any atom is -0.491 e. The molecule has 3 aromatic rings. The lowest BCUT2D eigenvalue weighted by molar-refractivity contribution is 0.110. The molecule has 23 heavy (non-hydrogen) atoms. The maximum atomic E-state index is 12.6. The van der Waals surface area contributed by atoms with Crippen LogP contribution >= 0.6 is 0 Å². The summed E-state index contributed by atoms with van der Waals surface area (Å²) in [4.78, 5) is 12.6. The zero-order chi connectivity index (χ0) is 16.1. The maximum absolute atomic E-state index is 12.6. The second kappa shape index (κ2) is 7.11. The van der Waals surface area contributed by atoms with Crippen molar-refractivity contribution in [2.75, 3.05) is 19.8 Å². The molecular formula is C19H18O4. The van der Waals surface area contributed by atoms with Gasteiger partial charge in [0.1, 0.15) is 24.2 Å². The average Bonchev–Trinajstić information content (AvgIpc) is 2.60. The van der Waals surface area contributed by atoms with Crippen LogP contribution in [0.2, 0.25) is 0 Å². The van der Waals surface area contributed by atoms with Crippen LogP contribution in [0.5, 0.6) is 5.75 Å². The van der Waals surface area contributed by atoms with Gasteiger partial charge in [0.2, 0.25) is 0 Å². The normalized spacial score (nSPS) is 10.8. The number of hydrogen-bond donors (Lipinski definition) is 0. The summed E-state index contributed by atoms with van der Waals surface area (Å²) in [5.41, 5.74) is 1.88. The van der Waals surface area contributed by atoms with Crippen LogP contribution in [0.4, 0.5) is 0 Å². The van der Waals surface area contributed by atoms with Crippen LogP contribution in [-0.2, 0) is 4.74 Å². The molecule has 1 heterocycles. The van der Waals surface area contributed by atoms with Crippen LogP contribution in [0.3, 0.4) is 0 Å². The van der Waals surface area contributed by atoms with Gasteiger partial charge in [-0.25, -0.2) is 0 Å². The van der Waals surface area contributed by atoms with Crippen LogP contribution in [0.25, 0.3) is 22.1 Å². The zero-order valence-electron chi connectivity index (χ0n) is 13.0. The van der Waals surface area contributed by atoms with E-state index in [4.69, 9.17) is 13.9 Å². The topological polar surface area (TPSA) is 48.7 Å². The zero-order valence-corrected chi connectivity index (χ0v) is 13.0. The lowest BCUT2D eigenvalue weighted by atomic mass is 10.1. The fourth-order valence-corrected chi connectivity index (χ4v) is 2.38. The van der Waals surface area contributed by atoms with Crippen molar-refractivity contribution in [1.29, 1.82) is 0 Å². The smallest absolute Gasteiger partial charge is 0.200 e. The minimum atomic E-state index is -0.0432. The summed E-state index contributed by atoms with van der Waals surface area (Å²) in [6, 6.07) is 14.7. The van der Waals surface area contributed by atoms with Crippen molar-refractivity contribution >= 4 is 11.0 Å². The third-order valence-corrected chi connectivity index (χ3v) is 3.53. The van der Waals surface area contributed by atoms with Gasteiger partial charge < -0.3 is 13.9 Å². The van der Waals surface area contributed by atoms with Gasteiger partial charge in [0.15, 0.2) is 5.43 Å². The summed E-state index contributed by atoms with van der Waals surface area (Å²) in [6.07, 6.45) is 1.50. The van der Waals surface area contributed by atoms with E-state index in [1.165, 1.54) is 6.26 Å². The first kappa shape index (κ1) is 15.3. The highest BCUT2D eigenvalue weighted by atomic mass is 16.5. The van der Waals surface area contributed by atoms with Crippen molar-refractivity contribution in [3.05, 3.63) is 65.0 Å². The number of fused-ring (bicyclic) bond motifs is 1. The monoisotopic (exact) mass is 310 g/mol. The molecule has 3 rings (SSSR count). The highest BCUT2D eigenvalue weighted by Gasteiger charge is 2.09. The third kappa shape index (κ3) is 3.43. The molecule has 0 amide bonds. The Morgan fingerprint density at radius 1 is 1.04 bits per heavy atom. The first-order valence-electron chi connectivity index (χ1n) is 7.61. The van der Waals surface area contributed by atoms with Gasteiger partial charge in [-0.15, -0.1) is 0 Å². The van der Waals surface area contributed by atoms with E-state index in [0.29, 0.717) is 42.1 Å². The van der Waals surface area contributed by atoms with Crippen molar-refractivity contribution in [3.63, 3.8) is 0 Å². The molecule has 2 aromatic carbocycles. The summed E-state index contributed by atoms with van der Waals surface area (Å²) >= 11 is 0. The molecule has 4 heteroatoms. The molecule has 0 fully saturated rings. The summed E-state index contributed by atoms with van der Waals surface area (Å²) in [6.45, 7) is 3.60. The molecule has 0 aliphatic heterocycles. The van der Waals surface area contributed by atoms with Gasteiger partial charge >= 0.3 is 0 Å². The molecule has 4 nitrogen and oxygen atoms in total. The molecule has 0 bridgehead atoms. The van der Waals surface area contributed by atoms with Gasteiger partial charge in [-0.05, 0) is 24.6 Å². The Morgan fingerprint density at radius 2 is 1.87 bits per heavy atom. The Morgan fingerprint density at radius 3 is 2.65 bits per heavy atom. The number of benzene rings is 2. The van der Waals surface area contributed by atoms with E-state index in [9.17, 15) is 4.79 Å². The number of rotatable bonds is 6. The molecule has 0 aliphatic carbocycles. The SMILES string of the molecule is CCOCCOc1ccc2c(=O)c(-c3ccccc3)coc2c1. The van der Waals surface area contributed by atoms with Crippen molar-refractivity contribution in [2.24, 2.45) is 0 Å². The Kier molecular flexibility index (Phi) is 4.74. The highest BCUT2D eigenvalue weighted by molar-refractivity contribution is 5.82. The van der Waals surface area contributed by atoms with E-state index < -0.39 is 0 Å². The van der Waals surface area contributed by atoms with Gasteiger partial charge in [-0.2, -0.15) is 0 Å². The molecule has 118 valence electrons. The first-order valence-corrected chi connectivity index (χ1v) is 7.61. The van der Waals surface area contributed by atoms with E-state index in [1.807, 2.05) is 37.3 Å². The van der Waals surface area contributed by atoms with Gasteiger partial charge in [0.25, 0.3) is 0 Å². The largest absolute Gasteiger partial charge is 0.491 e. The molecular weight excluding hydrogens is 292 g/mol. The summed E-state index contributed by atoms with van der Waals surface area (Å²) < 4.78 is 16.4. The van der Waals surface area contributed by atoms with E-state index in [0.717, 1.165) is 5.56 Å². The van der Waals surface area contributed by atoms with Crippen LogP contribution < -0.4 is 10.2 Å². The van der Waals surface area contributed by atoms with E-state index >= 15 is 0 Å². The van der Waals surface area contributed by atoms with E-state index in [2.05, 4.69) is 0 Å². The molecule has 0 atom stereocenters. The summed E-state index contributed by atoms with van der Waals surface area (Å²) in [5.74, 6) is 0.660. The number of hydrogen-bond acceptors (Lipinski definition) is 4. The van der Waals surface area contributed by atoms with E-state index in [-0.39, 0.29) is 5.43 Å². The maximum Gasteiger partial charge on any atom is 0.200 e. The van der Waals surface area contributed by atoms with Gasteiger partial charge in [0, 0.05) is 12.7 Å². The standard InChI is InChI=1S/C19H18O4/c1-2-21-10-11-22-15-8-9-16-18(12-15)23-13-17(19(16)20)14-6-4-3-5-7-14/h3-9,12-13H,2,10-11H2,1H3. The molecule has 0 saturated carbocycles. The highest BCUT2D eigenvalue weighted by Crippen LogP contribution is 2.22. The third-order valence-electron chi connectivity index (χ3n) is 3.53. The molecule has 0 saturated heterocycles. The molecule has 1 aromatic heterocycles. The van der Waals surface area contributed by atoms with Crippen molar-refractivity contribution in [3.8, 4) is 16.9 Å². The fraction of sp³-hybridized carbons (Fsp3) is 0.211. The van der Waals surface area contributed by atoms with Crippen molar-refractivity contribution < 1.29 is 13.9 Å². The summed E-state index contributed by atoms with van der Waals surface area (Å²) in [7, 11) is 0. The van der Waals surface area contributed by atoms with Gasteiger partial charge in [0.05, 0.1) is 17.6 Å². The quantitative estimate of drug-likeness (QED) is 0.648. The summed E-state index contributed by atoms with van der Waals surface area (Å²) in [5, 5.41) is 0.545. The Hall–Kier alpha value is -2.59. The number of ether oxygens (including phenoxy) is 2. The Balaban J connectivity index is 1.89. The van der Waals surface area contributed by atoms with Crippen LogP contribution in [0, 0.1) is 0 Å².